The van der Waals surface area contributed by atoms with Gasteiger partial charge < -0.3 is 10.1 Å². The van der Waals surface area contributed by atoms with E-state index < -0.39 is 0 Å². The van der Waals surface area contributed by atoms with Crippen LogP contribution >= 0.6 is 11.3 Å². The lowest BCUT2D eigenvalue weighted by atomic mass is 10.1. The van der Waals surface area contributed by atoms with Crippen LogP contribution in [-0.4, -0.2) is 21.6 Å². The quantitative estimate of drug-likeness (QED) is 0.911. The van der Waals surface area contributed by atoms with Gasteiger partial charge in [-0.3, -0.25) is 0 Å². The average molecular weight is 278 g/mol. The lowest BCUT2D eigenvalue weighted by Crippen LogP contribution is -2.28. The number of aryl methyl sites for hydroxylation is 1. The zero-order valence-corrected chi connectivity index (χ0v) is 12.4. The summed E-state index contributed by atoms with van der Waals surface area (Å²) >= 11 is 1.62. The topological polar surface area (TPSA) is 59.9 Å². The first kappa shape index (κ1) is 13.7. The Hall–Kier alpha value is -1.69. The van der Waals surface area contributed by atoms with Gasteiger partial charge in [-0.05, 0) is 27.7 Å². The normalized spacial score (nSPS) is 11.4. The van der Waals surface area contributed by atoms with Gasteiger partial charge in [0.1, 0.15) is 16.6 Å². The maximum absolute atomic E-state index is 5.43. The Labute approximate surface area is 117 Å². The van der Waals surface area contributed by atoms with Gasteiger partial charge in [0.05, 0.1) is 12.1 Å². The van der Waals surface area contributed by atoms with Crippen molar-refractivity contribution in [1.29, 1.82) is 0 Å². The van der Waals surface area contributed by atoms with E-state index in [2.05, 4.69) is 34.1 Å². The number of nitrogens with one attached hydrogen (secondary N) is 1. The van der Waals surface area contributed by atoms with E-state index in [4.69, 9.17) is 4.74 Å². The molecule has 0 aliphatic carbocycles. The van der Waals surface area contributed by atoms with Gasteiger partial charge in [-0.15, -0.1) is 11.3 Å². The molecular formula is C13H18N4OS. The maximum Gasteiger partial charge on any atom is 0.218 e. The summed E-state index contributed by atoms with van der Waals surface area (Å²) in [5.41, 5.74) is -0.279. The first-order valence-electron chi connectivity index (χ1n) is 6.18. The molecule has 2 rings (SSSR count). The van der Waals surface area contributed by atoms with E-state index in [0.717, 1.165) is 10.8 Å². The highest BCUT2D eigenvalue weighted by Crippen LogP contribution is 2.27. The second-order valence-electron chi connectivity index (χ2n) is 4.66. The number of anilines is 1. The molecule has 0 atom stereocenters. The first-order chi connectivity index (χ1) is 9.01. The van der Waals surface area contributed by atoms with Gasteiger partial charge >= 0.3 is 0 Å². The molecule has 5 nitrogen and oxygen atoms in total. The molecule has 0 aliphatic rings. The maximum atomic E-state index is 5.43. The molecule has 0 radical (unpaired) electrons. The third-order valence-corrected chi connectivity index (χ3v) is 3.61. The largest absolute Gasteiger partial charge is 0.478 e. The van der Waals surface area contributed by atoms with Crippen LogP contribution in [0.15, 0.2) is 17.6 Å². The molecule has 0 saturated heterocycles. The lowest BCUT2D eigenvalue weighted by molar-refractivity contribution is 0.325. The molecule has 0 fully saturated rings. The number of hydrogen-bond donors (Lipinski definition) is 1. The van der Waals surface area contributed by atoms with Gasteiger partial charge in [-0.25, -0.2) is 9.97 Å². The van der Waals surface area contributed by atoms with Gasteiger partial charge in [0.2, 0.25) is 5.88 Å². The highest BCUT2D eigenvalue weighted by Gasteiger charge is 2.23. The SMILES string of the molecule is CCOc1cc(NC(C)(C)c2nccs2)nc(C)n1. The van der Waals surface area contributed by atoms with Gasteiger partial charge in [-0.1, -0.05) is 0 Å². The first-order valence-corrected chi connectivity index (χ1v) is 7.06. The Morgan fingerprint density at radius 2 is 2.16 bits per heavy atom. The van der Waals surface area contributed by atoms with Crippen LogP contribution in [0.1, 0.15) is 31.6 Å². The van der Waals surface area contributed by atoms with Crippen LogP contribution < -0.4 is 10.1 Å². The van der Waals surface area contributed by atoms with Crippen LogP contribution in [0.5, 0.6) is 5.88 Å². The summed E-state index contributed by atoms with van der Waals surface area (Å²) in [4.78, 5) is 13.0. The summed E-state index contributed by atoms with van der Waals surface area (Å²) in [5, 5.41) is 6.36. The van der Waals surface area contributed by atoms with Gasteiger partial charge in [0.15, 0.2) is 0 Å². The van der Waals surface area contributed by atoms with Crippen LogP contribution in [0.2, 0.25) is 0 Å². The Balaban J connectivity index is 2.23. The van der Waals surface area contributed by atoms with E-state index in [1.165, 1.54) is 0 Å². The summed E-state index contributed by atoms with van der Waals surface area (Å²) < 4.78 is 5.43. The molecule has 0 saturated carbocycles. The summed E-state index contributed by atoms with van der Waals surface area (Å²) in [6, 6.07) is 1.81. The van der Waals surface area contributed by atoms with Crippen LogP contribution in [-0.2, 0) is 5.54 Å². The number of aromatic nitrogens is 3. The van der Waals surface area contributed by atoms with Crippen LogP contribution in [0, 0.1) is 6.92 Å². The Morgan fingerprint density at radius 3 is 2.79 bits per heavy atom. The number of thiazole rings is 1. The van der Waals surface area contributed by atoms with Crippen molar-refractivity contribution in [1.82, 2.24) is 15.0 Å². The highest BCUT2D eigenvalue weighted by molar-refractivity contribution is 7.09. The number of hydrogen-bond acceptors (Lipinski definition) is 6. The average Bonchev–Trinajstić information content (AvgIpc) is 2.81. The molecule has 0 spiro atoms. The minimum absolute atomic E-state index is 0.279. The summed E-state index contributed by atoms with van der Waals surface area (Å²) in [7, 11) is 0. The molecule has 19 heavy (non-hydrogen) atoms. The van der Waals surface area contributed by atoms with Gasteiger partial charge in [0, 0.05) is 17.6 Å². The molecule has 0 unspecified atom stereocenters. The van der Waals surface area contributed by atoms with E-state index in [0.29, 0.717) is 18.3 Å². The highest BCUT2D eigenvalue weighted by atomic mass is 32.1. The van der Waals surface area contributed by atoms with Crippen molar-refractivity contribution >= 4 is 17.2 Å². The molecular weight excluding hydrogens is 260 g/mol. The number of nitrogens with zero attached hydrogens (tertiary/aromatic N) is 3. The molecule has 0 amide bonds. The Kier molecular flexibility index (Phi) is 3.99. The fraction of sp³-hybridized carbons (Fsp3) is 0.462. The Morgan fingerprint density at radius 1 is 1.37 bits per heavy atom. The third kappa shape index (κ3) is 3.41. The second-order valence-corrected chi connectivity index (χ2v) is 5.55. The van der Waals surface area contributed by atoms with E-state index in [1.807, 2.05) is 25.3 Å². The van der Waals surface area contributed by atoms with Crippen molar-refractivity contribution in [2.24, 2.45) is 0 Å². The lowest BCUT2D eigenvalue weighted by Gasteiger charge is -2.24. The van der Waals surface area contributed by atoms with E-state index >= 15 is 0 Å². The number of rotatable bonds is 5. The minimum atomic E-state index is -0.279. The predicted octanol–water partition coefficient (Wildman–Crippen LogP) is 2.99. The molecule has 0 aliphatic heterocycles. The zero-order valence-electron chi connectivity index (χ0n) is 11.6. The smallest absolute Gasteiger partial charge is 0.218 e. The fourth-order valence-electron chi connectivity index (χ4n) is 1.73. The van der Waals surface area contributed by atoms with E-state index in [1.54, 1.807) is 17.5 Å². The molecule has 1 N–H and O–H groups in total. The van der Waals surface area contributed by atoms with Crippen molar-refractivity contribution in [3.63, 3.8) is 0 Å². The van der Waals surface area contributed by atoms with E-state index in [9.17, 15) is 0 Å². The van der Waals surface area contributed by atoms with Crippen LogP contribution in [0.4, 0.5) is 5.82 Å². The van der Waals surface area contributed by atoms with Crippen molar-refractivity contribution in [2.45, 2.75) is 33.2 Å². The summed E-state index contributed by atoms with van der Waals surface area (Å²) in [5.74, 6) is 2.02. The second kappa shape index (κ2) is 5.52. The molecule has 2 aromatic rings. The minimum Gasteiger partial charge on any atom is -0.478 e. The summed E-state index contributed by atoms with van der Waals surface area (Å²) in [6.45, 7) is 8.52. The van der Waals surface area contributed by atoms with Gasteiger partial charge in [0.25, 0.3) is 0 Å². The molecule has 102 valence electrons. The molecule has 6 heteroatoms. The van der Waals surface area contributed by atoms with Gasteiger partial charge in [-0.2, -0.15) is 4.98 Å². The van der Waals surface area contributed by atoms with E-state index in [-0.39, 0.29) is 5.54 Å². The molecule has 2 heterocycles. The monoisotopic (exact) mass is 278 g/mol. The van der Waals surface area contributed by atoms with Crippen molar-refractivity contribution in [2.75, 3.05) is 11.9 Å². The molecule has 0 bridgehead atoms. The third-order valence-electron chi connectivity index (χ3n) is 2.51. The number of ether oxygens (including phenoxy) is 1. The van der Waals surface area contributed by atoms with Crippen LogP contribution in [0.25, 0.3) is 0 Å². The van der Waals surface area contributed by atoms with Crippen molar-refractivity contribution in [3.8, 4) is 5.88 Å². The predicted molar refractivity (Wildman–Crippen MR) is 76.7 cm³/mol. The zero-order chi connectivity index (χ0) is 13.9. The molecule has 2 aromatic heterocycles. The van der Waals surface area contributed by atoms with Crippen molar-refractivity contribution in [3.05, 3.63) is 28.5 Å². The fourth-order valence-corrected chi connectivity index (χ4v) is 2.45. The van der Waals surface area contributed by atoms with Crippen LogP contribution in [0.3, 0.4) is 0 Å². The molecule has 0 aromatic carbocycles. The standard InChI is InChI=1S/C13H18N4OS/c1-5-18-11-8-10(15-9(2)16-11)17-13(3,4)12-14-6-7-19-12/h6-8H,5H2,1-4H3,(H,15,16,17). The Bertz CT molecular complexity index is 540. The summed E-state index contributed by atoms with van der Waals surface area (Å²) in [6.07, 6.45) is 1.81. The van der Waals surface area contributed by atoms with Crippen molar-refractivity contribution < 1.29 is 4.74 Å².